The third kappa shape index (κ3) is 8.86. The molecule has 45 heavy (non-hydrogen) atoms. The zero-order valence-corrected chi connectivity index (χ0v) is 27.7. The Morgan fingerprint density at radius 3 is 2.02 bits per heavy atom. The summed E-state index contributed by atoms with van der Waals surface area (Å²) in [5.41, 5.74) is 0. The summed E-state index contributed by atoms with van der Waals surface area (Å²) in [4.78, 5) is 0. The van der Waals surface area contributed by atoms with Crippen LogP contribution in [-0.2, 0) is 25.0 Å². The summed E-state index contributed by atoms with van der Waals surface area (Å²) >= 11 is 0. The first-order valence-corrected chi connectivity index (χ1v) is 19.7. The summed E-state index contributed by atoms with van der Waals surface area (Å²) in [6, 6.07) is -1.73. The van der Waals surface area contributed by atoms with Gasteiger partial charge in [0.25, 0.3) is 20.2 Å². The van der Waals surface area contributed by atoms with E-state index in [1.807, 2.05) is 0 Å². The lowest BCUT2D eigenvalue weighted by molar-refractivity contribution is -0.0179. The molecular weight excluding hydrogens is 626 g/mol. The molecular formula is C29H51N5O9S2. The van der Waals surface area contributed by atoms with E-state index in [9.17, 15) is 36.2 Å². The summed E-state index contributed by atoms with van der Waals surface area (Å²) < 4.78 is 73.0. The Kier molecular flexibility index (Phi) is 11.7. The van der Waals surface area contributed by atoms with Gasteiger partial charge in [-0.2, -0.15) is 37.3 Å². The topological polar surface area (TPSA) is 220 Å². The van der Waals surface area contributed by atoms with E-state index in [1.54, 1.807) is 0 Å². The molecule has 0 amide bonds. The second-order valence-corrected chi connectivity index (χ2v) is 17.4. The van der Waals surface area contributed by atoms with Gasteiger partial charge in [-0.3, -0.25) is 9.11 Å². The maximum Gasteiger partial charge on any atom is 0.270 e. The average molecular weight is 678 g/mol. The third-order valence-corrected chi connectivity index (χ3v) is 13.7. The third-order valence-electron chi connectivity index (χ3n) is 11.1. The van der Waals surface area contributed by atoms with E-state index in [0.29, 0.717) is 31.7 Å². The molecule has 5 saturated carbocycles. The Morgan fingerprint density at radius 1 is 0.689 bits per heavy atom. The molecule has 10 unspecified atom stereocenters. The van der Waals surface area contributed by atoms with Crippen LogP contribution in [0.25, 0.3) is 0 Å². The van der Waals surface area contributed by atoms with Crippen LogP contribution in [-0.4, -0.2) is 108 Å². The van der Waals surface area contributed by atoms with Gasteiger partial charge < -0.3 is 20.3 Å². The molecule has 0 bridgehead atoms. The summed E-state index contributed by atoms with van der Waals surface area (Å²) in [7, 11) is -7.06. The van der Waals surface area contributed by atoms with Crippen molar-refractivity contribution in [3.05, 3.63) is 0 Å². The van der Waals surface area contributed by atoms with E-state index in [0.717, 1.165) is 32.1 Å². The first-order chi connectivity index (χ1) is 21.3. The predicted molar refractivity (Wildman–Crippen MR) is 165 cm³/mol. The van der Waals surface area contributed by atoms with Gasteiger partial charge in [-0.15, -0.1) is 0 Å². The first-order valence-electron chi connectivity index (χ1n) is 16.7. The smallest absolute Gasteiger partial charge is 0.270 e. The van der Waals surface area contributed by atoms with Crippen LogP contribution in [0.5, 0.6) is 0 Å². The minimum atomic E-state index is -4.52. The Morgan fingerprint density at radius 2 is 1.38 bits per heavy atom. The van der Waals surface area contributed by atoms with Crippen molar-refractivity contribution in [3.63, 3.8) is 0 Å². The standard InChI is InChI=1S/C29H51N5O9S2/c1-43-26-16-23(25(35)15-24(26)33-31-19-7-10-21(11-8-19)44(37,38)39)32-34-28-27(45(40,41)42)14-17-13-20(9-12-22(17)29(28)36)30-18-5-3-2-4-6-18/h17-30,35-36H,2-16H2,1H3,(H,37,38,39)(H,40,41,42). The van der Waals surface area contributed by atoms with Crippen molar-refractivity contribution in [1.29, 1.82) is 0 Å². The number of hydrogen-bond acceptors (Lipinski definition) is 12. The summed E-state index contributed by atoms with van der Waals surface area (Å²) in [5.74, 6) is -0.197. The maximum atomic E-state index is 12.5. The predicted octanol–water partition coefficient (Wildman–Crippen LogP) is 3.09. The molecule has 0 heterocycles. The number of nitrogens with zero attached hydrogens (tertiary/aromatic N) is 4. The summed E-state index contributed by atoms with van der Waals surface area (Å²) in [6.07, 6.45) is 8.15. The van der Waals surface area contributed by atoms with Gasteiger partial charge in [-0.25, -0.2) is 0 Å². The molecule has 0 aromatic rings. The Labute approximate surface area is 266 Å². The van der Waals surface area contributed by atoms with Crippen molar-refractivity contribution < 1.29 is 40.9 Å². The highest BCUT2D eigenvalue weighted by Crippen LogP contribution is 2.44. The van der Waals surface area contributed by atoms with Crippen LogP contribution >= 0.6 is 0 Å². The zero-order chi connectivity index (χ0) is 32.4. The van der Waals surface area contributed by atoms with Crippen molar-refractivity contribution in [1.82, 2.24) is 5.32 Å². The SMILES string of the molecule is COC1CC(N=NC2C(O)C3CCC(NC4CCCCC4)CC3CC2S(=O)(=O)O)C(O)CC1N=NC1CCC(S(=O)(=O)O)CC1. The fraction of sp³-hybridized carbons (Fsp3) is 1.00. The van der Waals surface area contributed by atoms with Crippen LogP contribution in [0, 0.1) is 11.8 Å². The molecule has 5 rings (SSSR count). The number of ether oxygens (including phenoxy) is 1. The molecule has 5 N–H and O–H groups in total. The maximum absolute atomic E-state index is 12.5. The van der Waals surface area contributed by atoms with E-state index in [4.69, 9.17) is 4.74 Å². The number of rotatable bonds is 9. The Hall–Kier alpha value is -1.14. The normalized spacial score (nSPS) is 42.6. The van der Waals surface area contributed by atoms with Gasteiger partial charge in [0.05, 0.1) is 41.7 Å². The molecule has 5 aliphatic carbocycles. The van der Waals surface area contributed by atoms with Crippen molar-refractivity contribution in [2.75, 3.05) is 7.11 Å². The molecule has 0 aromatic heterocycles. The molecule has 0 radical (unpaired) electrons. The van der Waals surface area contributed by atoms with Gasteiger partial charge in [0.15, 0.2) is 0 Å². The molecule has 16 heteroatoms. The number of methoxy groups -OCH3 is 1. The van der Waals surface area contributed by atoms with E-state index < -0.39 is 67.2 Å². The average Bonchev–Trinajstić information content (AvgIpc) is 3.00. The number of hydrogen-bond donors (Lipinski definition) is 5. The van der Waals surface area contributed by atoms with Crippen molar-refractivity contribution in [2.24, 2.45) is 32.3 Å². The molecule has 14 nitrogen and oxygen atoms in total. The van der Waals surface area contributed by atoms with Gasteiger partial charge in [-0.05, 0) is 76.0 Å². The molecule has 5 fully saturated rings. The van der Waals surface area contributed by atoms with E-state index in [2.05, 4.69) is 25.8 Å². The van der Waals surface area contributed by atoms with Gasteiger partial charge in [-0.1, -0.05) is 19.3 Å². The quantitative estimate of drug-likeness (QED) is 0.177. The van der Waals surface area contributed by atoms with Crippen molar-refractivity contribution in [3.8, 4) is 0 Å². The van der Waals surface area contributed by atoms with Crippen molar-refractivity contribution in [2.45, 2.75) is 161 Å². The Bertz CT molecular complexity index is 1250. The van der Waals surface area contributed by atoms with Crippen LogP contribution in [0.3, 0.4) is 0 Å². The zero-order valence-electron chi connectivity index (χ0n) is 26.0. The number of fused-ring (bicyclic) bond motifs is 1. The molecule has 258 valence electrons. The fourth-order valence-corrected chi connectivity index (χ4v) is 10.4. The molecule has 0 aromatic carbocycles. The molecule has 10 atom stereocenters. The number of aliphatic hydroxyl groups is 2. The number of nitrogens with one attached hydrogen (secondary N) is 1. The van der Waals surface area contributed by atoms with Crippen LogP contribution < -0.4 is 5.32 Å². The molecule has 0 aliphatic heterocycles. The minimum absolute atomic E-state index is 0.0550. The minimum Gasteiger partial charge on any atom is -0.391 e. The largest absolute Gasteiger partial charge is 0.391 e. The molecule has 5 aliphatic rings. The number of aliphatic hydroxyl groups excluding tert-OH is 2. The van der Waals surface area contributed by atoms with Crippen LogP contribution in [0.4, 0.5) is 0 Å². The van der Waals surface area contributed by atoms with Gasteiger partial charge in [0.2, 0.25) is 0 Å². The lowest BCUT2D eigenvalue weighted by atomic mass is 9.66. The summed E-state index contributed by atoms with van der Waals surface area (Å²) in [5, 5.41) is 41.5. The molecule has 0 spiro atoms. The lowest BCUT2D eigenvalue weighted by Gasteiger charge is -2.47. The second kappa shape index (κ2) is 15.0. The van der Waals surface area contributed by atoms with E-state index in [1.165, 1.54) is 26.4 Å². The highest BCUT2D eigenvalue weighted by Gasteiger charge is 2.51. The first kappa shape index (κ1) is 35.2. The highest BCUT2D eigenvalue weighted by molar-refractivity contribution is 7.86. The van der Waals surface area contributed by atoms with Crippen molar-refractivity contribution >= 4 is 20.2 Å². The van der Waals surface area contributed by atoms with Gasteiger partial charge in [0, 0.05) is 32.0 Å². The Balaban J connectivity index is 1.20. The fourth-order valence-electron chi connectivity index (χ4n) is 8.52. The monoisotopic (exact) mass is 677 g/mol. The second-order valence-electron chi connectivity index (χ2n) is 14.1. The lowest BCUT2D eigenvalue weighted by Crippen LogP contribution is -2.56. The number of azo groups is 2. The molecule has 0 saturated heterocycles. The van der Waals surface area contributed by atoms with Crippen LogP contribution in [0.15, 0.2) is 20.5 Å². The highest BCUT2D eigenvalue weighted by atomic mass is 32.2. The van der Waals surface area contributed by atoms with Gasteiger partial charge in [0.1, 0.15) is 11.3 Å². The van der Waals surface area contributed by atoms with E-state index >= 15 is 0 Å². The van der Waals surface area contributed by atoms with Crippen LogP contribution in [0.2, 0.25) is 0 Å². The van der Waals surface area contributed by atoms with Gasteiger partial charge >= 0.3 is 0 Å². The van der Waals surface area contributed by atoms with Crippen LogP contribution in [0.1, 0.15) is 96.3 Å². The van der Waals surface area contributed by atoms with E-state index in [-0.39, 0.29) is 43.2 Å². The summed E-state index contributed by atoms with van der Waals surface area (Å²) in [6.45, 7) is 0.